The van der Waals surface area contributed by atoms with Gasteiger partial charge < -0.3 is 25.0 Å². The first kappa shape index (κ1) is 21.5. The molecule has 2 N–H and O–H groups in total. The lowest BCUT2D eigenvalue weighted by molar-refractivity contribution is -0.118. The van der Waals surface area contributed by atoms with Gasteiger partial charge in [0.25, 0.3) is 5.91 Å². The van der Waals surface area contributed by atoms with Gasteiger partial charge >= 0.3 is 0 Å². The van der Waals surface area contributed by atoms with E-state index in [1.54, 1.807) is 24.3 Å². The van der Waals surface area contributed by atoms with Crippen LogP contribution in [0, 0.1) is 12.7 Å². The number of aromatic nitrogens is 2. The van der Waals surface area contributed by atoms with Crippen LogP contribution in [0.4, 0.5) is 27.5 Å². The van der Waals surface area contributed by atoms with E-state index in [0.29, 0.717) is 30.7 Å². The highest BCUT2D eigenvalue weighted by Gasteiger charge is 2.15. The van der Waals surface area contributed by atoms with E-state index in [0.717, 1.165) is 24.5 Å². The summed E-state index contributed by atoms with van der Waals surface area (Å²) in [5.41, 5.74) is 2.28. The normalized spacial score (nSPS) is 13.5. The summed E-state index contributed by atoms with van der Waals surface area (Å²) in [6, 6.07) is 15.0. The van der Waals surface area contributed by atoms with Crippen molar-refractivity contribution < 1.29 is 18.7 Å². The van der Waals surface area contributed by atoms with E-state index in [4.69, 9.17) is 9.47 Å². The third-order valence-electron chi connectivity index (χ3n) is 4.77. The van der Waals surface area contributed by atoms with Crippen LogP contribution in [0.3, 0.4) is 0 Å². The SMILES string of the molecule is Cc1cc(Nc2ccc(NC(=O)COc3ccccc3F)cc2)nc(N2CCOCC2)n1. The predicted molar refractivity (Wildman–Crippen MR) is 120 cm³/mol. The number of nitrogens with one attached hydrogen (secondary N) is 2. The molecule has 0 bridgehead atoms. The largest absolute Gasteiger partial charge is 0.481 e. The summed E-state index contributed by atoms with van der Waals surface area (Å²) in [6.07, 6.45) is 0. The molecule has 3 aromatic rings. The van der Waals surface area contributed by atoms with Crippen molar-refractivity contribution in [1.82, 2.24) is 9.97 Å². The lowest BCUT2D eigenvalue weighted by Crippen LogP contribution is -2.37. The van der Waals surface area contributed by atoms with Crippen LogP contribution in [0.5, 0.6) is 5.75 Å². The number of amides is 1. The van der Waals surface area contributed by atoms with Gasteiger partial charge in [-0.15, -0.1) is 0 Å². The Labute approximate surface area is 185 Å². The first-order valence-corrected chi connectivity index (χ1v) is 10.3. The fourth-order valence-electron chi connectivity index (χ4n) is 3.21. The molecule has 166 valence electrons. The average molecular weight is 437 g/mol. The van der Waals surface area contributed by atoms with Crippen LogP contribution in [0.2, 0.25) is 0 Å². The Morgan fingerprint density at radius 3 is 2.56 bits per heavy atom. The van der Waals surface area contributed by atoms with Crippen molar-refractivity contribution in [2.24, 2.45) is 0 Å². The molecule has 0 saturated carbocycles. The smallest absolute Gasteiger partial charge is 0.262 e. The van der Waals surface area contributed by atoms with Gasteiger partial charge in [-0.05, 0) is 43.3 Å². The number of hydrogen-bond acceptors (Lipinski definition) is 7. The minimum absolute atomic E-state index is 0.0405. The van der Waals surface area contributed by atoms with Crippen LogP contribution in [-0.2, 0) is 9.53 Å². The number of aryl methyl sites for hydroxylation is 1. The number of carbonyl (C=O) groups is 1. The van der Waals surface area contributed by atoms with Crippen LogP contribution in [-0.4, -0.2) is 48.8 Å². The van der Waals surface area contributed by atoms with E-state index in [-0.39, 0.29) is 18.3 Å². The van der Waals surface area contributed by atoms with Crippen LogP contribution < -0.4 is 20.3 Å². The molecule has 4 rings (SSSR count). The molecule has 1 amide bonds. The second kappa shape index (κ2) is 10.1. The Morgan fingerprint density at radius 1 is 1.09 bits per heavy atom. The molecule has 0 atom stereocenters. The third-order valence-corrected chi connectivity index (χ3v) is 4.77. The van der Waals surface area contributed by atoms with Gasteiger partial charge in [0, 0.05) is 36.2 Å². The first-order chi connectivity index (χ1) is 15.6. The van der Waals surface area contributed by atoms with Crippen LogP contribution in [0.15, 0.2) is 54.6 Å². The number of rotatable bonds is 7. The van der Waals surface area contributed by atoms with Crippen molar-refractivity contribution in [2.45, 2.75) is 6.92 Å². The molecular weight excluding hydrogens is 413 g/mol. The molecule has 8 nitrogen and oxygen atoms in total. The molecule has 1 aromatic heterocycles. The highest BCUT2D eigenvalue weighted by Crippen LogP contribution is 2.21. The van der Waals surface area contributed by atoms with Gasteiger partial charge in [0.2, 0.25) is 5.95 Å². The standard InChI is InChI=1S/C23H24FN5O3/c1-16-14-21(28-23(25-16)29-10-12-31-13-11-29)26-17-6-8-18(9-7-17)27-22(30)15-32-20-5-3-2-4-19(20)24/h2-9,14H,10-13,15H2,1H3,(H,27,30)(H,25,26,28). The number of nitrogens with zero attached hydrogens (tertiary/aromatic N) is 3. The molecule has 1 saturated heterocycles. The van der Waals surface area contributed by atoms with Crippen LogP contribution in [0.1, 0.15) is 5.69 Å². The van der Waals surface area contributed by atoms with Crippen molar-refractivity contribution in [1.29, 1.82) is 0 Å². The van der Waals surface area contributed by atoms with Gasteiger partial charge in [-0.2, -0.15) is 4.98 Å². The summed E-state index contributed by atoms with van der Waals surface area (Å²) < 4.78 is 24.2. The predicted octanol–water partition coefficient (Wildman–Crippen LogP) is 3.52. The van der Waals surface area contributed by atoms with Crippen molar-refractivity contribution in [3.05, 3.63) is 66.1 Å². The van der Waals surface area contributed by atoms with E-state index >= 15 is 0 Å². The maximum absolute atomic E-state index is 13.6. The molecule has 32 heavy (non-hydrogen) atoms. The Hall–Kier alpha value is -3.72. The number of ether oxygens (including phenoxy) is 2. The topological polar surface area (TPSA) is 88.6 Å². The van der Waals surface area contributed by atoms with Crippen LogP contribution in [0.25, 0.3) is 0 Å². The van der Waals surface area contributed by atoms with Crippen LogP contribution >= 0.6 is 0 Å². The van der Waals surface area contributed by atoms with Gasteiger partial charge in [0.05, 0.1) is 13.2 Å². The highest BCUT2D eigenvalue weighted by atomic mass is 19.1. The number of anilines is 4. The second-order valence-electron chi connectivity index (χ2n) is 7.26. The number of para-hydroxylation sites is 1. The molecule has 2 aromatic carbocycles. The van der Waals surface area contributed by atoms with Crippen molar-refractivity contribution in [3.63, 3.8) is 0 Å². The quantitative estimate of drug-likeness (QED) is 0.585. The summed E-state index contributed by atoms with van der Waals surface area (Å²) in [4.78, 5) is 23.3. The number of halogens is 1. The molecule has 0 unspecified atom stereocenters. The minimum atomic E-state index is -0.507. The Morgan fingerprint density at radius 2 is 1.81 bits per heavy atom. The summed E-state index contributed by atoms with van der Waals surface area (Å²) in [5, 5.41) is 6.00. The molecule has 1 aliphatic rings. The molecule has 9 heteroatoms. The average Bonchev–Trinajstić information content (AvgIpc) is 2.80. The summed E-state index contributed by atoms with van der Waals surface area (Å²) in [6.45, 7) is 4.50. The number of carbonyl (C=O) groups excluding carboxylic acids is 1. The summed E-state index contributed by atoms with van der Waals surface area (Å²) in [7, 11) is 0. The zero-order valence-corrected chi connectivity index (χ0v) is 17.7. The molecule has 0 radical (unpaired) electrons. The fourth-order valence-corrected chi connectivity index (χ4v) is 3.21. The van der Waals surface area contributed by atoms with Gasteiger partial charge in [0.15, 0.2) is 18.2 Å². The monoisotopic (exact) mass is 437 g/mol. The van der Waals surface area contributed by atoms with Gasteiger partial charge in [-0.1, -0.05) is 12.1 Å². The maximum Gasteiger partial charge on any atom is 0.262 e. The van der Waals surface area contributed by atoms with E-state index in [1.165, 1.54) is 12.1 Å². The van der Waals surface area contributed by atoms with Gasteiger partial charge in [-0.25, -0.2) is 9.37 Å². The van der Waals surface area contributed by atoms with E-state index < -0.39 is 5.82 Å². The lowest BCUT2D eigenvalue weighted by atomic mass is 10.2. The zero-order valence-electron chi connectivity index (χ0n) is 17.7. The van der Waals surface area contributed by atoms with E-state index in [1.807, 2.05) is 25.1 Å². The highest BCUT2D eigenvalue weighted by molar-refractivity contribution is 5.92. The molecule has 1 aliphatic heterocycles. The molecular formula is C23H24FN5O3. The van der Waals surface area contributed by atoms with Gasteiger partial charge in [-0.3, -0.25) is 4.79 Å². The number of benzene rings is 2. The van der Waals surface area contributed by atoms with Crippen molar-refractivity contribution >= 4 is 29.0 Å². The first-order valence-electron chi connectivity index (χ1n) is 10.3. The molecule has 0 spiro atoms. The Balaban J connectivity index is 1.34. The van der Waals surface area contributed by atoms with Crippen molar-refractivity contribution in [3.8, 4) is 5.75 Å². The number of morpholine rings is 1. The second-order valence-corrected chi connectivity index (χ2v) is 7.26. The Bertz CT molecular complexity index is 1070. The molecule has 1 fully saturated rings. The summed E-state index contributed by atoms with van der Waals surface area (Å²) >= 11 is 0. The Kier molecular flexibility index (Phi) is 6.76. The fraction of sp³-hybridized carbons (Fsp3) is 0.261. The molecule has 0 aliphatic carbocycles. The third kappa shape index (κ3) is 5.70. The van der Waals surface area contributed by atoms with Gasteiger partial charge in [0.1, 0.15) is 5.82 Å². The van der Waals surface area contributed by atoms with Crippen molar-refractivity contribution in [2.75, 3.05) is 48.4 Å². The lowest BCUT2D eigenvalue weighted by Gasteiger charge is -2.27. The number of hydrogen-bond donors (Lipinski definition) is 2. The van der Waals surface area contributed by atoms with E-state index in [2.05, 4.69) is 25.5 Å². The maximum atomic E-state index is 13.6. The zero-order chi connectivity index (χ0) is 22.3. The van der Waals surface area contributed by atoms with E-state index in [9.17, 15) is 9.18 Å². The molecule has 2 heterocycles. The summed E-state index contributed by atoms with van der Waals surface area (Å²) in [5.74, 6) is 0.519. The minimum Gasteiger partial charge on any atom is -0.481 e.